The first kappa shape index (κ1) is 12.6. The van der Waals surface area contributed by atoms with Gasteiger partial charge in [-0.25, -0.2) is 4.39 Å². The van der Waals surface area contributed by atoms with Crippen LogP contribution in [0.15, 0.2) is 22.7 Å². The number of H-pyrrole nitrogens is 1. The summed E-state index contributed by atoms with van der Waals surface area (Å²) in [7, 11) is 0. The lowest BCUT2D eigenvalue weighted by atomic mass is 9.93. The number of nitrogens with one attached hydrogen (secondary N) is 2. The third-order valence-electron chi connectivity index (χ3n) is 4.29. The zero-order valence-corrected chi connectivity index (χ0v) is 12.0. The normalized spacial score (nSPS) is 18.1. The first-order valence-electron chi connectivity index (χ1n) is 7.11. The molecule has 3 aromatic rings. The SMILES string of the molecule is Cc1noc(C)c1C1NCCc2c1[nH]c1ccc(F)cc21. The quantitative estimate of drug-likeness (QED) is 0.722. The van der Waals surface area contributed by atoms with Crippen molar-refractivity contribution < 1.29 is 8.91 Å². The lowest BCUT2D eigenvalue weighted by Crippen LogP contribution is -2.31. The average molecular weight is 285 g/mol. The van der Waals surface area contributed by atoms with Gasteiger partial charge in [0.05, 0.1) is 11.7 Å². The summed E-state index contributed by atoms with van der Waals surface area (Å²) in [6, 6.07) is 4.92. The molecular formula is C16H16FN3O. The fourth-order valence-corrected chi connectivity index (χ4v) is 3.35. The predicted molar refractivity (Wildman–Crippen MR) is 77.8 cm³/mol. The molecule has 0 aliphatic carbocycles. The Bertz CT molecular complexity index is 814. The molecule has 0 saturated heterocycles. The molecule has 1 aromatic carbocycles. The summed E-state index contributed by atoms with van der Waals surface area (Å²) in [5.41, 5.74) is 5.22. The zero-order valence-electron chi connectivity index (χ0n) is 12.0. The van der Waals surface area contributed by atoms with Crippen LogP contribution in [0.5, 0.6) is 0 Å². The molecule has 2 N–H and O–H groups in total. The van der Waals surface area contributed by atoms with Crippen molar-refractivity contribution in [1.29, 1.82) is 0 Å². The molecule has 3 heterocycles. The summed E-state index contributed by atoms with van der Waals surface area (Å²) >= 11 is 0. The van der Waals surface area contributed by atoms with Gasteiger partial charge in [-0.05, 0) is 44.0 Å². The molecular weight excluding hydrogens is 269 g/mol. The van der Waals surface area contributed by atoms with Gasteiger partial charge in [0.15, 0.2) is 0 Å². The molecule has 2 aromatic heterocycles. The van der Waals surface area contributed by atoms with E-state index in [0.29, 0.717) is 0 Å². The van der Waals surface area contributed by atoms with Crippen LogP contribution >= 0.6 is 0 Å². The molecule has 108 valence electrons. The van der Waals surface area contributed by atoms with Gasteiger partial charge in [0.1, 0.15) is 11.6 Å². The molecule has 0 spiro atoms. The lowest BCUT2D eigenvalue weighted by molar-refractivity contribution is 0.390. The van der Waals surface area contributed by atoms with E-state index in [-0.39, 0.29) is 11.9 Å². The number of aryl methyl sites for hydroxylation is 2. The molecule has 1 aliphatic heterocycles. The molecule has 4 nitrogen and oxygen atoms in total. The first-order chi connectivity index (χ1) is 10.1. The van der Waals surface area contributed by atoms with E-state index in [0.717, 1.165) is 46.6 Å². The number of halogens is 1. The van der Waals surface area contributed by atoms with Crippen LogP contribution in [0.3, 0.4) is 0 Å². The maximum absolute atomic E-state index is 13.5. The first-order valence-corrected chi connectivity index (χ1v) is 7.11. The van der Waals surface area contributed by atoms with Crippen molar-refractivity contribution in [3.05, 3.63) is 52.3 Å². The molecule has 0 bridgehead atoms. The average Bonchev–Trinajstić information content (AvgIpc) is 2.99. The molecule has 5 heteroatoms. The minimum Gasteiger partial charge on any atom is -0.361 e. The largest absolute Gasteiger partial charge is 0.361 e. The van der Waals surface area contributed by atoms with Crippen molar-refractivity contribution in [1.82, 2.24) is 15.5 Å². The number of hydrogen-bond acceptors (Lipinski definition) is 3. The van der Waals surface area contributed by atoms with Gasteiger partial charge in [0.25, 0.3) is 0 Å². The van der Waals surface area contributed by atoms with E-state index < -0.39 is 0 Å². The van der Waals surface area contributed by atoms with Gasteiger partial charge in [-0.3, -0.25) is 0 Å². The molecule has 0 amide bonds. The predicted octanol–water partition coefficient (Wildman–Crippen LogP) is 3.15. The van der Waals surface area contributed by atoms with Crippen molar-refractivity contribution >= 4 is 10.9 Å². The summed E-state index contributed by atoms with van der Waals surface area (Å²) in [5, 5.41) is 8.53. The van der Waals surface area contributed by atoms with E-state index >= 15 is 0 Å². The van der Waals surface area contributed by atoms with Crippen molar-refractivity contribution in [2.45, 2.75) is 26.3 Å². The third kappa shape index (κ3) is 1.81. The highest BCUT2D eigenvalue weighted by Crippen LogP contribution is 2.35. The Morgan fingerprint density at radius 1 is 1.33 bits per heavy atom. The molecule has 1 unspecified atom stereocenters. The van der Waals surface area contributed by atoms with E-state index in [1.165, 1.54) is 11.6 Å². The smallest absolute Gasteiger partial charge is 0.139 e. The van der Waals surface area contributed by atoms with Crippen LogP contribution in [0, 0.1) is 19.7 Å². The monoisotopic (exact) mass is 285 g/mol. The Balaban J connectivity index is 1.94. The van der Waals surface area contributed by atoms with Crippen LogP contribution in [0.1, 0.15) is 34.3 Å². The van der Waals surface area contributed by atoms with E-state index in [2.05, 4.69) is 15.5 Å². The van der Waals surface area contributed by atoms with Gasteiger partial charge >= 0.3 is 0 Å². The van der Waals surface area contributed by atoms with Gasteiger partial charge in [-0.15, -0.1) is 0 Å². The Kier molecular flexibility index (Phi) is 2.65. The van der Waals surface area contributed by atoms with E-state index in [1.54, 1.807) is 12.1 Å². The second-order valence-corrected chi connectivity index (χ2v) is 5.58. The minimum atomic E-state index is -0.197. The van der Waals surface area contributed by atoms with Crippen LogP contribution in [0.4, 0.5) is 4.39 Å². The Labute approximate surface area is 121 Å². The van der Waals surface area contributed by atoms with Gasteiger partial charge in [0, 0.05) is 28.7 Å². The molecule has 4 rings (SSSR count). The number of rotatable bonds is 1. The topological polar surface area (TPSA) is 53.9 Å². The molecule has 0 saturated carbocycles. The van der Waals surface area contributed by atoms with Crippen LogP contribution in [-0.4, -0.2) is 16.7 Å². The summed E-state index contributed by atoms with van der Waals surface area (Å²) in [6.07, 6.45) is 0.888. The summed E-state index contributed by atoms with van der Waals surface area (Å²) in [5.74, 6) is 0.624. The molecule has 1 aliphatic rings. The van der Waals surface area contributed by atoms with E-state index in [9.17, 15) is 4.39 Å². The Morgan fingerprint density at radius 2 is 2.19 bits per heavy atom. The van der Waals surface area contributed by atoms with E-state index in [1.807, 2.05) is 13.8 Å². The van der Waals surface area contributed by atoms with Crippen LogP contribution in [0.2, 0.25) is 0 Å². The zero-order chi connectivity index (χ0) is 14.6. The van der Waals surface area contributed by atoms with Gasteiger partial charge in [-0.2, -0.15) is 0 Å². The van der Waals surface area contributed by atoms with Crippen LogP contribution < -0.4 is 5.32 Å². The van der Waals surface area contributed by atoms with E-state index in [4.69, 9.17) is 4.52 Å². The van der Waals surface area contributed by atoms with Crippen LogP contribution in [-0.2, 0) is 6.42 Å². The third-order valence-corrected chi connectivity index (χ3v) is 4.29. The number of hydrogen-bond donors (Lipinski definition) is 2. The number of fused-ring (bicyclic) bond motifs is 3. The Hall–Kier alpha value is -2.14. The fraction of sp³-hybridized carbons (Fsp3) is 0.312. The second-order valence-electron chi connectivity index (χ2n) is 5.58. The van der Waals surface area contributed by atoms with Crippen molar-refractivity contribution in [3.8, 4) is 0 Å². The minimum absolute atomic E-state index is 0.0236. The molecule has 1 atom stereocenters. The number of aromatic nitrogens is 2. The summed E-state index contributed by atoms with van der Waals surface area (Å²) in [4.78, 5) is 3.44. The molecule has 0 radical (unpaired) electrons. The van der Waals surface area contributed by atoms with Crippen molar-refractivity contribution in [2.24, 2.45) is 0 Å². The van der Waals surface area contributed by atoms with Crippen molar-refractivity contribution in [2.75, 3.05) is 6.54 Å². The summed E-state index contributed by atoms with van der Waals surface area (Å²) in [6.45, 7) is 4.73. The van der Waals surface area contributed by atoms with Gasteiger partial charge in [0.2, 0.25) is 0 Å². The Morgan fingerprint density at radius 3 is 2.95 bits per heavy atom. The molecule has 0 fully saturated rings. The summed E-state index contributed by atoms with van der Waals surface area (Å²) < 4.78 is 18.8. The fourth-order valence-electron chi connectivity index (χ4n) is 3.35. The van der Waals surface area contributed by atoms with Crippen molar-refractivity contribution in [3.63, 3.8) is 0 Å². The maximum Gasteiger partial charge on any atom is 0.139 e. The van der Waals surface area contributed by atoms with Gasteiger partial charge in [-0.1, -0.05) is 5.16 Å². The highest BCUT2D eigenvalue weighted by Gasteiger charge is 2.29. The van der Waals surface area contributed by atoms with Crippen LogP contribution in [0.25, 0.3) is 10.9 Å². The number of aromatic amines is 1. The standard InChI is InChI=1S/C16H16FN3O/c1-8-14(9(2)21-20-8)16-15-11(5-6-18-16)12-7-10(17)3-4-13(12)19-15/h3-4,7,16,18-19H,5-6H2,1-2H3. The highest BCUT2D eigenvalue weighted by atomic mass is 19.1. The van der Waals surface area contributed by atoms with Gasteiger partial charge < -0.3 is 14.8 Å². The second kappa shape index (κ2) is 4.43. The highest BCUT2D eigenvalue weighted by molar-refractivity contribution is 5.85. The lowest BCUT2D eigenvalue weighted by Gasteiger charge is -2.24. The molecule has 21 heavy (non-hydrogen) atoms. The number of benzene rings is 1. The number of nitrogens with zero attached hydrogens (tertiary/aromatic N) is 1. The maximum atomic E-state index is 13.5.